The molecular formula is C17H16ClFN2. The highest BCUT2D eigenvalue weighted by Crippen LogP contribution is 2.20. The molecule has 0 amide bonds. The van der Waals surface area contributed by atoms with Crippen molar-refractivity contribution < 1.29 is 4.39 Å². The highest BCUT2D eigenvalue weighted by atomic mass is 35.5. The molecule has 0 aliphatic rings. The predicted octanol–water partition coefficient (Wildman–Crippen LogP) is 4.52. The molecule has 2 aromatic carbocycles. The third kappa shape index (κ3) is 2.79. The molecule has 108 valence electrons. The molecule has 0 saturated carbocycles. The van der Waals surface area contributed by atoms with E-state index in [0.29, 0.717) is 17.9 Å². The van der Waals surface area contributed by atoms with Gasteiger partial charge < -0.3 is 4.57 Å². The third-order valence-corrected chi connectivity index (χ3v) is 3.92. The largest absolute Gasteiger partial charge is 0.322 e. The number of rotatable bonds is 4. The summed E-state index contributed by atoms with van der Waals surface area (Å²) in [5.74, 6) is 0.793. The van der Waals surface area contributed by atoms with Crippen molar-refractivity contribution >= 4 is 22.6 Å². The maximum Gasteiger partial charge on any atom is 0.125 e. The van der Waals surface area contributed by atoms with E-state index in [4.69, 9.17) is 11.6 Å². The molecule has 3 rings (SSSR count). The van der Waals surface area contributed by atoms with Gasteiger partial charge in [-0.3, -0.25) is 0 Å². The smallest absolute Gasteiger partial charge is 0.125 e. The van der Waals surface area contributed by atoms with Crippen LogP contribution in [0.5, 0.6) is 0 Å². The van der Waals surface area contributed by atoms with Gasteiger partial charge in [0.1, 0.15) is 11.6 Å². The van der Waals surface area contributed by atoms with Crippen molar-refractivity contribution in [1.82, 2.24) is 9.55 Å². The van der Waals surface area contributed by atoms with Crippen LogP contribution < -0.4 is 0 Å². The summed E-state index contributed by atoms with van der Waals surface area (Å²) in [7, 11) is 0. The predicted molar refractivity (Wildman–Crippen MR) is 84.2 cm³/mol. The van der Waals surface area contributed by atoms with Crippen molar-refractivity contribution in [3.63, 3.8) is 0 Å². The number of fused-ring (bicyclic) bond motifs is 1. The van der Waals surface area contributed by atoms with E-state index in [9.17, 15) is 4.39 Å². The van der Waals surface area contributed by atoms with E-state index in [1.54, 1.807) is 6.07 Å². The van der Waals surface area contributed by atoms with Crippen LogP contribution in [-0.2, 0) is 18.8 Å². The van der Waals surface area contributed by atoms with Crippen LogP contribution in [0.1, 0.15) is 23.9 Å². The summed E-state index contributed by atoms with van der Waals surface area (Å²) >= 11 is 5.98. The standard InChI is InChI=1S/C17H16ClFN2/c1-2-12-3-5-13(6-4-12)11-21-16-8-7-14(19)9-15(16)20-17(21)10-18/h3-9H,2,10-11H2,1H3. The average molecular weight is 303 g/mol. The molecule has 0 N–H and O–H groups in total. The summed E-state index contributed by atoms with van der Waals surface area (Å²) in [4.78, 5) is 4.41. The monoisotopic (exact) mass is 302 g/mol. The van der Waals surface area contributed by atoms with Crippen molar-refractivity contribution in [3.8, 4) is 0 Å². The van der Waals surface area contributed by atoms with Crippen LogP contribution in [0.15, 0.2) is 42.5 Å². The number of aryl methyl sites for hydroxylation is 1. The molecule has 0 saturated heterocycles. The minimum Gasteiger partial charge on any atom is -0.322 e. The molecule has 3 aromatic rings. The molecule has 0 bridgehead atoms. The van der Waals surface area contributed by atoms with Gasteiger partial charge in [-0.1, -0.05) is 31.2 Å². The minimum absolute atomic E-state index is 0.277. The van der Waals surface area contributed by atoms with Crippen LogP contribution in [0.4, 0.5) is 4.39 Å². The van der Waals surface area contributed by atoms with Gasteiger partial charge in [-0.2, -0.15) is 0 Å². The summed E-state index contributed by atoms with van der Waals surface area (Å²) in [6.45, 7) is 2.83. The maximum absolute atomic E-state index is 13.3. The second-order valence-corrected chi connectivity index (χ2v) is 5.32. The number of alkyl halides is 1. The first-order valence-electron chi connectivity index (χ1n) is 6.99. The van der Waals surface area contributed by atoms with E-state index in [-0.39, 0.29) is 5.82 Å². The summed E-state index contributed by atoms with van der Waals surface area (Å²) in [5, 5.41) is 0. The zero-order valence-corrected chi connectivity index (χ0v) is 12.6. The van der Waals surface area contributed by atoms with Gasteiger partial charge in [0.2, 0.25) is 0 Å². The number of halogens is 2. The fourth-order valence-corrected chi connectivity index (χ4v) is 2.70. The Bertz CT molecular complexity index is 762. The Morgan fingerprint density at radius 3 is 2.48 bits per heavy atom. The van der Waals surface area contributed by atoms with Crippen LogP contribution in [0.3, 0.4) is 0 Å². The van der Waals surface area contributed by atoms with E-state index < -0.39 is 0 Å². The molecule has 0 aliphatic carbocycles. The highest BCUT2D eigenvalue weighted by Gasteiger charge is 2.11. The first kappa shape index (κ1) is 14.1. The molecule has 0 atom stereocenters. The van der Waals surface area contributed by atoms with E-state index in [0.717, 1.165) is 17.8 Å². The van der Waals surface area contributed by atoms with Crippen molar-refractivity contribution in [2.75, 3.05) is 0 Å². The van der Waals surface area contributed by atoms with E-state index in [2.05, 4.69) is 36.2 Å². The molecular weight excluding hydrogens is 287 g/mol. The lowest BCUT2D eigenvalue weighted by atomic mass is 10.1. The Labute approximate surface area is 128 Å². The van der Waals surface area contributed by atoms with E-state index in [1.807, 2.05) is 4.57 Å². The lowest BCUT2D eigenvalue weighted by molar-refractivity contribution is 0.629. The van der Waals surface area contributed by atoms with E-state index >= 15 is 0 Å². The molecule has 1 heterocycles. The zero-order valence-electron chi connectivity index (χ0n) is 11.8. The Hall–Kier alpha value is -1.87. The van der Waals surface area contributed by atoms with Crippen molar-refractivity contribution in [1.29, 1.82) is 0 Å². The van der Waals surface area contributed by atoms with Crippen molar-refractivity contribution in [3.05, 3.63) is 65.2 Å². The second-order valence-electron chi connectivity index (χ2n) is 5.05. The fourth-order valence-electron chi connectivity index (χ4n) is 2.49. The van der Waals surface area contributed by atoms with Gasteiger partial charge in [-0.15, -0.1) is 11.6 Å². The minimum atomic E-state index is -0.277. The topological polar surface area (TPSA) is 17.8 Å². The number of benzene rings is 2. The lowest BCUT2D eigenvalue weighted by Crippen LogP contribution is -2.03. The normalized spacial score (nSPS) is 11.2. The Kier molecular flexibility index (Phi) is 3.93. The van der Waals surface area contributed by atoms with Crippen molar-refractivity contribution in [2.24, 2.45) is 0 Å². The first-order valence-corrected chi connectivity index (χ1v) is 7.53. The summed E-state index contributed by atoms with van der Waals surface area (Å²) in [5.41, 5.74) is 4.05. The number of hydrogen-bond acceptors (Lipinski definition) is 1. The molecule has 0 radical (unpaired) electrons. The number of hydrogen-bond donors (Lipinski definition) is 0. The van der Waals surface area contributed by atoms with Gasteiger partial charge in [0, 0.05) is 12.6 Å². The van der Waals surface area contributed by atoms with Crippen molar-refractivity contribution in [2.45, 2.75) is 25.8 Å². The van der Waals surface area contributed by atoms with Gasteiger partial charge in [-0.05, 0) is 29.7 Å². The van der Waals surface area contributed by atoms with Gasteiger partial charge in [-0.25, -0.2) is 9.37 Å². The average Bonchev–Trinajstić information content (AvgIpc) is 2.85. The zero-order chi connectivity index (χ0) is 14.8. The van der Waals surface area contributed by atoms with Crippen LogP contribution in [-0.4, -0.2) is 9.55 Å². The number of nitrogens with zero attached hydrogens (tertiary/aromatic N) is 2. The lowest BCUT2D eigenvalue weighted by Gasteiger charge is -2.08. The van der Waals surface area contributed by atoms with Crippen LogP contribution in [0.25, 0.3) is 11.0 Å². The van der Waals surface area contributed by atoms with E-state index in [1.165, 1.54) is 23.3 Å². The Balaban J connectivity index is 2.01. The number of imidazole rings is 1. The summed E-state index contributed by atoms with van der Waals surface area (Å²) in [6, 6.07) is 13.2. The quantitative estimate of drug-likeness (QED) is 0.648. The Morgan fingerprint density at radius 2 is 1.81 bits per heavy atom. The van der Waals surface area contributed by atoms with Crippen LogP contribution >= 0.6 is 11.6 Å². The number of aromatic nitrogens is 2. The summed E-state index contributed by atoms with van der Waals surface area (Å²) in [6.07, 6.45) is 1.03. The molecule has 21 heavy (non-hydrogen) atoms. The molecule has 2 nitrogen and oxygen atoms in total. The molecule has 0 fully saturated rings. The third-order valence-electron chi connectivity index (χ3n) is 3.68. The van der Waals surface area contributed by atoms with Gasteiger partial charge >= 0.3 is 0 Å². The molecule has 0 aliphatic heterocycles. The van der Waals surface area contributed by atoms with Gasteiger partial charge in [0.05, 0.1) is 16.9 Å². The molecule has 0 spiro atoms. The summed E-state index contributed by atoms with van der Waals surface area (Å²) < 4.78 is 15.4. The maximum atomic E-state index is 13.3. The first-order chi connectivity index (χ1) is 10.2. The molecule has 4 heteroatoms. The highest BCUT2D eigenvalue weighted by molar-refractivity contribution is 6.16. The van der Waals surface area contributed by atoms with Crippen LogP contribution in [0, 0.1) is 5.82 Å². The second kappa shape index (κ2) is 5.86. The Morgan fingerprint density at radius 1 is 1.10 bits per heavy atom. The van der Waals surface area contributed by atoms with Gasteiger partial charge in [0.25, 0.3) is 0 Å². The van der Waals surface area contributed by atoms with Gasteiger partial charge in [0.15, 0.2) is 0 Å². The SMILES string of the molecule is CCc1ccc(Cn2c(CCl)nc3cc(F)ccc32)cc1. The fraction of sp³-hybridized carbons (Fsp3) is 0.235. The molecule has 1 aromatic heterocycles. The molecule has 0 unspecified atom stereocenters. The van der Waals surface area contributed by atoms with Crippen LogP contribution in [0.2, 0.25) is 0 Å².